The second kappa shape index (κ2) is 9.70. The molecule has 1 saturated carbocycles. The summed E-state index contributed by atoms with van der Waals surface area (Å²) in [6, 6.07) is 6.69. The summed E-state index contributed by atoms with van der Waals surface area (Å²) in [5.41, 5.74) is -1.70. The van der Waals surface area contributed by atoms with E-state index in [4.69, 9.17) is 10.00 Å². The van der Waals surface area contributed by atoms with Crippen molar-refractivity contribution in [3.8, 4) is 17.3 Å². The molecule has 0 amide bonds. The zero-order valence-electron chi connectivity index (χ0n) is 19.1. The van der Waals surface area contributed by atoms with Gasteiger partial charge in [-0.05, 0) is 74.6 Å². The van der Waals surface area contributed by atoms with Crippen LogP contribution in [0.2, 0.25) is 0 Å². The second-order valence-corrected chi connectivity index (χ2v) is 9.81. The summed E-state index contributed by atoms with van der Waals surface area (Å²) in [4.78, 5) is 0. The van der Waals surface area contributed by atoms with Gasteiger partial charge in [-0.2, -0.15) is 18.4 Å². The number of nitrogens with zero attached hydrogens (tertiary/aromatic N) is 3. The van der Waals surface area contributed by atoms with Crippen molar-refractivity contribution in [1.29, 1.82) is 5.26 Å². The number of nitriles is 1. The molecule has 0 spiro atoms. The molecule has 186 valence electrons. The van der Waals surface area contributed by atoms with Gasteiger partial charge in [0.15, 0.2) is 5.82 Å². The number of nitrogens with one attached hydrogen (secondary N) is 2. The molecule has 5 rings (SSSR count). The van der Waals surface area contributed by atoms with Gasteiger partial charge in [0.05, 0.1) is 11.3 Å². The standard InChI is InChI=1S/C25H27F4N5O/c26-23-15(12-30)2-1-3-18(23)22-11-20(25(27,28)29)24(34-33-22)32-17-9-16-13-31-21(19(16)10-17)8-14-4-6-35-7-5-14/h1-3,11,14,16-17,19,21,31H,4-10,13H2,(H,32,34)/t16-,17+,19+,21+/m1/s1. The molecule has 3 fully saturated rings. The molecule has 2 aromatic rings. The van der Waals surface area contributed by atoms with E-state index in [9.17, 15) is 17.6 Å². The van der Waals surface area contributed by atoms with E-state index in [2.05, 4.69) is 20.8 Å². The lowest BCUT2D eigenvalue weighted by Gasteiger charge is -2.28. The highest BCUT2D eigenvalue weighted by atomic mass is 19.4. The van der Waals surface area contributed by atoms with Gasteiger partial charge in [0.1, 0.15) is 17.4 Å². The summed E-state index contributed by atoms with van der Waals surface area (Å²) in [6.45, 7) is 2.48. The number of halogens is 4. The Hall–Kier alpha value is -2.77. The third kappa shape index (κ3) is 4.98. The van der Waals surface area contributed by atoms with Gasteiger partial charge in [-0.25, -0.2) is 4.39 Å². The highest BCUT2D eigenvalue weighted by Gasteiger charge is 2.45. The van der Waals surface area contributed by atoms with Crippen LogP contribution in [0.3, 0.4) is 0 Å². The van der Waals surface area contributed by atoms with Crippen molar-refractivity contribution in [2.45, 2.75) is 50.4 Å². The van der Waals surface area contributed by atoms with E-state index in [1.54, 1.807) is 6.07 Å². The molecule has 6 nitrogen and oxygen atoms in total. The first-order valence-electron chi connectivity index (χ1n) is 12.0. The van der Waals surface area contributed by atoms with Crippen molar-refractivity contribution in [1.82, 2.24) is 15.5 Å². The summed E-state index contributed by atoms with van der Waals surface area (Å²) in [7, 11) is 0. The fourth-order valence-electron chi connectivity index (χ4n) is 5.91. The zero-order valence-corrected chi connectivity index (χ0v) is 19.1. The topological polar surface area (TPSA) is 82.9 Å². The van der Waals surface area contributed by atoms with Gasteiger partial charge in [0.2, 0.25) is 0 Å². The molecule has 4 atom stereocenters. The molecule has 3 heterocycles. The molecule has 2 N–H and O–H groups in total. The van der Waals surface area contributed by atoms with Gasteiger partial charge in [0.25, 0.3) is 0 Å². The van der Waals surface area contributed by atoms with Crippen LogP contribution < -0.4 is 10.6 Å². The SMILES string of the molecule is N#Cc1cccc(-c2cc(C(F)(F)F)c(N[C@H]3C[C@@H]4CN[C@@H](CC5CCOCC5)[C@H]4C3)nn2)c1F. The van der Waals surface area contributed by atoms with Gasteiger partial charge in [-0.1, -0.05) is 6.07 Å². The van der Waals surface area contributed by atoms with Gasteiger partial charge in [0, 0.05) is 30.9 Å². The molecule has 2 saturated heterocycles. The number of fused-ring (bicyclic) bond motifs is 1. The predicted molar refractivity (Wildman–Crippen MR) is 121 cm³/mol. The summed E-state index contributed by atoms with van der Waals surface area (Å²) in [6.07, 6.45) is 0.0372. The van der Waals surface area contributed by atoms with Crippen molar-refractivity contribution in [2.24, 2.45) is 17.8 Å². The number of alkyl halides is 3. The average Bonchev–Trinajstić information content (AvgIpc) is 3.40. The summed E-state index contributed by atoms with van der Waals surface area (Å²) < 4.78 is 61.8. The van der Waals surface area contributed by atoms with Crippen LogP contribution in [0.1, 0.15) is 43.2 Å². The fraction of sp³-hybridized carbons (Fsp3) is 0.560. The number of hydrogen-bond acceptors (Lipinski definition) is 6. The lowest BCUT2D eigenvalue weighted by Crippen LogP contribution is -2.33. The first-order chi connectivity index (χ1) is 16.8. The van der Waals surface area contributed by atoms with Crippen LogP contribution in [-0.4, -0.2) is 42.0 Å². The van der Waals surface area contributed by atoms with Crippen molar-refractivity contribution in [3.63, 3.8) is 0 Å². The van der Waals surface area contributed by atoms with Crippen molar-refractivity contribution in [3.05, 3.63) is 41.2 Å². The molecule has 0 radical (unpaired) electrons. The predicted octanol–water partition coefficient (Wildman–Crippen LogP) is 4.77. The fourth-order valence-corrected chi connectivity index (χ4v) is 5.91. The van der Waals surface area contributed by atoms with Gasteiger partial charge in [-0.3, -0.25) is 0 Å². The first kappa shape index (κ1) is 23.9. The number of ether oxygens (including phenoxy) is 1. The van der Waals surface area contributed by atoms with E-state index >= 15 is 0 Å². The molecule has 0 unspecified atom stereocenters. The molecular weight excluding hydrogens is 462 g/mol. The number of anilines is 1. The Kier molecular flexibility index (Phi) is 6.64. The monoisotopic (exact) mass is 489 g/mol. The summed E-state index contributed by atoms with van der Waals surface area (Å²) in [5.74, 6) is 0.213. The smallest absolute Gasteiger partial charge is 0.381 e. The third-order valence-corrected chi connectivity index (χ3v) is 7.67. The molecule has 2 aliphatic heterocycles. The second-order valence-electron chi connectivity index (χ2n) is 9.81. The zero-order chi connectivity index (χ0) is 24.6. The van der Waals surface area contributed by atoms with Crippen LogP contribution in [0.15, 0.2) is 24.3 Å². The largest absolute Gasteiger partial charge is 0.420 e. The number of rotatable bonds is 5. The maximum Gasteiger partial charge on any atom is 0.420 e. The maximum absolute atomic E-state index is 14.6. The number of hydrogen-bond donors (Lipinski definition) is 2. The summed E-state index contributed by atoms with van der Waals surface area (Å²) in [5, 5.41) is 23.4. The minimum atomic E-state index is -4.70. The van der Waals surface area contributed by atoms with E-state index < -0.39 is 17.6 Å². The van der Waals surface area contributed by atoms with Crippen LogP contribution in [0.5, 0.6) is 0 Å². The molecule has 1 aromatic heterocycles. The maximum atomic E-state index is 14.6. The first-order valence-corrected chi connectivity index (χ1v) is 12.0. The highest BCUT2D eigenvalue weighted by Crippen LogP contribution is 2.43. The third-order valence-electron chi connectivity index (χ3n) is 7.67. The molecule has 10 heteroatoms. The van der Waals surface area contributed by atoms with E-state index in [0.717, 1.165) is 57.9 Å². The van der Waals surface area contributed by atoms with Crippen LogP contribution in [0, 0.1) is 34.9 Å². The molecule has 1 aromatic carbocycles. The van der Waals surface area contributed by atoms with E-state index in [0.29, 0.717) is 23.8 Å². The lowest BCUT2D eigenvalue weighted by molar-refractivity contribution is -0.137. The van der Waals surface area contributed by atoms with Crippen LogP contribution in [0.4, 0.5) is 23.4 Å². The minimum Gasteiger partial charge on any atom is -0.381 e. The highest BCUT2D eigenvalue weighted by molar-refractivity contribution is 5.65. The van der Waals surface area contributed by atoms with Gasteiger partial charge in [-0.15, -0.1) is 10.2 Å². The minimum absolute atomic E-state index is 0.135. The van der Waals surface area contributed by atoms with Crippen LogP contribution in [0.25, 0.3) is 11.3 Å². The van der Waals surface area contributed by atoms with E-state index in [1.165, 1.54) is 18.2 Å². The molecule has 35 heavy (non-hydrogen) atoms. The summed E-state index contributed by atoms with van der Waals surface area (Å²) >= 11 is 0. The molecule has 0 bridgehead atoms. The Morgan fingerprint density at radius 2 is 1.97 bits per heavy atom. The molecular formula is C25H27F4N5O. The Labute approximate surface area is 201 Å². The lowest BCUT2D eigenvalue weighted by atomic mass is 9.85. The average molecular weight is 490 g/mol. The Morgan fingerprint density at radius 3 is 2.71 bits per heavy atom. The van der Waals surface area contributed by atoms with Gasteiger partial charge >= 0.3 is 6.18 Å². The van der Waals surface area contributed by atoms with Crippen molar-refractivity contribution < 1.29 is 22.3 Å². The van der Waals surface area contributed by atoms with Gasteiger partial charge < -0.3 is 15.4 Å². The molecule has 1 aliphatic carbocycles. The normalized spacial score (nSPS) is 26.9. The Balaban J connectivity index is 1.33. The quantitative estimate of drug-likeness (QED) is 0.589. The van der Waals surface area contributed by atoms with Crippen molar-refractivity contribution in [2.75, 3.05) is 25.1 Å². The molecule has 3 aliphatic rings. The van der Waals surface area contributed by atoms with Crippen LogP contribution >= 0.6 is 0 Å². The Bertz CT molecular complexity index is 1110. The number of benzene rings is 1. The number of aromatic nitrogens is 2. The van der Waals surface area contributed by atoms with Crippen LogP contribution in [-0.2, 0) is 10.9 Å². The van der Waals surface area contributed by atoms with Crippen molar-refractivity contribution >= 4 is 5.82 Å². The van der Waals surface area contributed by atoms with E-state index in [-0.39, 0.29) is 28.7 Å². The Morgan fingerprint density at radius 1 is 1.17 bits per heavy atom. The van der Waals surface area contributed by atoms with E-state index in [1.807, 2.05) is 0 Å².